The van der Waals surface area contributed by atoms with Gasteiger partial charge in [0.1, 0.15) is 23.2 Å². The van der Waals surface area contributed by atoms with Crippen molar-refractivity contribution in [3.63, 3.8) is 0 Å². The number of nitrogens with zero attached hydrogens (tertiary/aromatic N) is 6. The Hall–Kier alpha value is -3.87. The number of pyridine rings is 2. The Labute approximate surface area is 289 Å². The average Bonchev–Trinajstić information content (AvgIpc) is 3.52. The average molecular weight is 671 g/mol. The number of rotatable bonds is 7. The molecule has 3 atom stereocenters. The van der Waals surface area contributed by atoms with E-state index in [0.717, 1.165) is 74.6 Å². The van der Waals surface area contributed by atoms with E-state index >= 15 is 0 Å². The van der Waals surface area contributed by atoms with Crippen molar-refractivity contribution < 1.29 is 14.3 Å². The van der Waals surface area contributed by atoms with Crippen molar-refractivity contribution in [2.75, 3.05) is 44.2 Å². The number of fused-ring (bicyclic) bond motifs is 2. The van der Waals surface area contributed by atoms with Crippen LogP contribution in [-0.2, 0) is 16.7 Å². The largest absolute Gasteiger partial charge is 0.493 e. The summed E-state index contributed by atoms with van der Waals surface area (Å²) in [5, 5.41) is 10.4. The quantitative estimate of drug-likeness (QED) is 0.256. The van der Waals surface area contributed by atoms with Gasteiger partial charge in [0.05, 0.1) is 28.6 Å². The number of carbonyl (C=O) groups excluding carboxylic acids is 1. The minimum absolute atomic E-state index is 0.0805. The predicted octanol–water partition coefficient (Wildman–Crippen LogP) is 7.46. The fourth-order valence-electron chi connectivity index (χ4n) is 8.06. The van der Waals surface area contributed by atoms with E-state index in [1.165, 1.54) is 5.56 Å². The van der Waals surface area contributed by atoms with E-state index < -0.39 is 5.60 Å². The molecule has 2 saturated heterocycles. The Morgan fingerprint density at radius 2 is 1.98 bits per heavy atom. The number of anilines is 1. The van der Waals surface area contributed by atoms with Crippen molar-refractivity contribution in [3.8, 4) is 23.1 Å². The lowest BCUT2D eigenvalue weighted by Crippen LogP contribution is -2.59. The number of amides is 1. The van der Waals surface area contributed by atoms with Crippen molar-refractivity contribution in [3.05, 3.63) is 70.5 Å². The Morgan fingerprint density at radius 3 is 2.73 bits per heavy atom. The summed E-state index contributed by atoms with van der Waals surface area (Å²) < 4.78 is 11.8. The third kappa shape index (κ3) is 6.83. The minimum atomic E-state index is -0.539. The molecule has 0 radical (unpaired) electrons. The molecule has 10 heteroatoms. The molecule has 2 fully saturated rings. The van der Waals surface area contributed by atoms with Crippen molar-refractivity contribution in [1.29, 1.82) is 5.26 Å². The molecule has 3 aromatic rings. The molecule has 0 unspecified atom stereocenters. The number of hydrogen-bond donors (Lipinski definition) is 0. The zero-order valence-electron chi connectivity index (χ0n) is 28.8. The number of likely N-dealkylation sites (tertiary alicyclic amines) is 1. The first-order chi connectivity index (χ1) is 23.0. The van der Waals surface area contributed by atoms with Crippen molar-refractivity contribution in [2.24, 2.45) is 5.92 Å². The fourth-order valence-corrected chi connectivity index (χ4v) is 8.22. The zero-order valence-corrected chi connectivity index (χ0v) is 29.6. The predicted molar refractivity (Wildman–Crippen MR) is 188 cm³/mol. The lowest BCUT2D eigenvalue weighted by molar-refractivity contribution is 0.0163. The van der Waals surface area contributed by atoms with Crippen LogP contribution in [0.3, 0.4) is 0 Å². The van der Waals surface area contributed by atoms with Gasteiger partial charge in [0, 0.05) is 62.5 Å². The highest BCUT2D eigenvalue weighted by Crippen LogP contribution is 2.48. The standard InChI is InChI=1S/C38H47ClN6O3/c1-6-27-22-44(35-26(20-40)19-28(39)21-41-35)18-16-38(27)25-43(23-29-11-10-17-45(29)36(46)48-37(3,4)5)24-33-31(38)14-15-32(42-33)30-12-8-9-13-34(30)47-7-2/h8-9,12-15,19,21,27,29H,6-7,10-11,16-18,22-25H2,1-5H3/t27-,29+,38+/m0/s1. The number of ether oxygens (including phenoxy) is 2. The lowest BCUT2D eigenvalue weighted by atomic mass is 9.62. The third-order valence-electron chi connectivity index (χ3n) is 10.1. The zero-order chi connectivity index (χ0) is 34.1. The van der Waals surface area contributed by atoms with Gasteiger partial charge in [0.15, 0.2) is 0 Å². The summed E-state index contributed by atoms with van der Waals surface area (Å²) in [7, 11) is 0. The van der Waals surface area contributed by atoms with Gasteiger partial charge in [-0.05, 0) is 82.7 Å². The van der Waals surface area contributed by atoms with E-state index in [4.69, 9.17) is 26.1 Å². The maximum atomic E-state index is 13.3. The first kappa shape index (κ1) is 34.0. The van der Waals surface area contributed by atoms with E-state index in [2.05, 4.69) is 46.0 Å². The van der Waals surface area contributed by atoms with Crippen LogP contribution in [0.5, 0.6) is 5.75 Å². The third-order valence-corrected chi connectivity index (χ3v) is 10.3. The summed E-state index contributed by atoms with van der Waals surface area (Å²) in [6.07, 6.45) is 5.17. The number of benzene rings is 1. The molecule has 9 nitrogen and oxygen atoms in total. The van der Waals surface area contributed by atoms with Gasteiger partial charge in [-0.1, -0.05) is 43.1 Å². The Kier molecular flexibility index (Phi) is 9.87. The topological polar surface area (TPSA) is 94.8 Å². The summed E-state index contributed by atoms with van der Waals surface area (Å²) in [5.74, 6) is 1.81. The van der Waals surface area contributed by atoms with Crippen LogP contribution in [0.4, 0.5) is 10.6 Å². The van der Waals surface area contributed by atoms with Gasteiger partial charge >= 0.3 is 6.09 Å². The molecular weight excluding hydrogens is 624 g/mol. The minimum Gasteiger partial charge on any atom is -0.493 e. The smallest absolute Gasteiger partial charge is 0.410 e. The molecule has 3 aliphatic rings. The molecule has 1 amide bonds. The molecule has 6 rings (SSSR count). The molecule has 0 saturated carbocycles. The van der Waals surface area contributed by atoms with E-state index in [0.29, 0.717) is 36.1 Å². The van der Waals surface area contributed by atoms with E-state index in [1.54, 1.807) is 12.3 Å². The van der Waals surface area contributed by atoms with Crippen LogP contribution in [0, 0.1) is 17.2 Å². The molecule has 3 aliphatic heterocycles. The second kappa shape index (κ2) is 13.9. The molecule has 1 spiro atoms. The lowest BCUT2D eigenvalue weighted by Gasteiger charge is -2.53. The number of halogens is 1. The summed E-state index contributed by atoms with van der Waals surface area (Å²) >= 11 is 6.21. The molecule has 0 aliphatic carbocycles. The highest BCUT2D eigenvalue weighted by molar-refractivity contribution is 6.30. The molecule has 1 aromatic carbocycles. The SMILES string of the molecule is CCOc1ccccc1-c1ccc2c(n1)CN(C[C@H]1CCCN1C(=O)OC(C)(C)C)C[C@@]21CCN(c2ncc(Cl)cc2C#N)C[C@@H]1CC. The van der Waals surface area contributed by atoms with E-state index in [9.17, 15) is 10.1 Å². The van der Waals surface area contributed by atoms with Crippen molar-refractivity contribution >= 4 is 23.5 Å². The second-order valence-electron chi connectivity index (χ2n) is 14.4. The Morgan fingerprint density at radius 1 is 1.17 bits per heavy atom. The summed E-state index contributed by atoms with van der Waals surface area (Å²) in [6.45, 7) is 15.2. The number of nitriles is 1. The number of aromatic nitrogens is 2. The summed E-state index contributed by atoms with van der Waals surface area (Å²) in [6, 6.07) is 16.7. The van der Waals surface area contributed by atoms with Gasteiger partial charge in [0.2, 0.25) is 0 Å². The first-order valence-corrected chi connectivity index (χ1v) is 17.7. The number of piperidine rings is 1. The number of hydrogen-bond acceptors (Lipinski definition) is 8. The van der Waals surface area contributed by atoms with Crippen LogP contribution in [0.2, 0.25) is 5.02 Å². The van der Waals surface area contributed by atoms with Gasteiger partial charge in [0.25, 0.3) is 0 Å². The van der Waals surface area contributed by atoms with E-state index in [-0.39, 0.29) is 23.5 Å². The van der Waals surface area contributed by atoms with Crippen LogP contribution in [0.1, 0.15) is 77.1 Å². The highest BCUT2D eigenvalue weighted by Gasteiger charge is 2.49. The normalized spacial score (nSPS) is 22.8. The molecule has 5 heterocycles. The molecule has 2 aromatic heterocycles. The summed E-state index contributed by atoms with van der Waals surface area (Å²) in [5.41, 5.74) is 4.09. The van der Waals surface area contributed by atoms with Crippen molar-refractivity contribution in [1.82, 2.24) is 19.8 Å². The maximum Gasteiger partial charge on any atom is 0.410 e. The molecular formula is C38H47ClN6O3. The van der Waals surface area contributed by atoms with Crippen LogP contribution in [-0.4, -0.2) is 76.8 Å². The van der Waals surface area contributed by atoms with Crippen LogP contribution in [0.25, 0.3) is 11.3 Å². The van der Waals surface area contributed by atoms with Gasteiger partial charge in [-0.3, -0.25) is 9.88 Å². The van der Waals surface area contributed by atoms with Crippen LogP contribution in [0.15, 0.2) is 48.7 Å². The number of carbonyl (C=O) groups is 1. The Balaban J connectivity index is 1.36. The van der Waals surface area contributed by atoms with E-state index in [1.807, 2.05) is 50.8 Å². The summed E-state index contributed by atoms with van der Waals surface area (Å²) in [4.78, 5) is 30.0. The van der Waals surface area contributed by atoms with Crippen LogP contribution < -0.4 is 9.64 Å². The first-order valence-electron chi connectivity index (χ1n) is 17.3. The van der Waals surface area contributed by atoms with Gasteiger partial charge < -0.3 is 19.3 Å². The van der Waals surface area contributed by atoms with Crippen LogP contribution >= 0.6 is 11.6 Å². The number of para-hydroxylation sites is 1. The molecule has 0 N–H and O–H groups in total. The van der Waals surface area contributed by atoms with Gasteiger partial charge in [-0.15, -0.1) is 0 Å². The monoisotopic (exact) mass is 670 g/mol. The van der Waals surface area contributed by atoms with Gasteiger partial charge in [-0.25, -0.2) is 9.78 Å². The molecule has 48 heavy (non-hydrogen) atoms. The van der Waals surface area contributed by atoms with Gasteiger partial charge in [-0.2, -0.15) is 5.26 Å². The Bertz CT molecular complexity index is 1690. The maximum absolute atomic E-state index is 13.3. The molecule has 254 valence electrons. The second-order valence-corrected chi connectivity index (χ2v) is 14.8. The molecule has 0 bridgehead atoms. The fraction of sp³-hybridized carbons (Fsp3) is 0.526. The highest BCUT2D eigenvalue weighted by atomic mass is 35.5. The van der Waals surface area contributed by atoms with Crippen molar-refractivity contribution in [2.45, 2.75) is 83.9 Å².